The smallest absolute Gasteiger partial charge is 0.251 e. The molecule has 8 heteroatoms. The molecule has 30 heavy (non-hydrogen) atoms. The van der Waals surface area contributed by atoms with Crippen molar-refractivity contribution in [2.75, 3.05) is 26.3 Å². The molecule has 1 heterocycles. The van der Waals surface area contributed by atoms with Gasteiger partial charge >= 0.3 is 0 Å². The van der Waals surface area contributed by atoms with E-state index in [2.05, 4.69) is 10.2 Å². The predicted molar refractivity (Wildman–Crippen MR) is 105 cm³/mol. The number of aliphatic hydroxyl groups excluding tert-OH is 1. The van der Waals surface area contributed by atoms with Crippen molar-refractivity contribution >= 4 is 5.91 Å². The highest BCUT2D eigenvalue weighted by atomic mass is 19.1. The molecule has 1 aliphatic carbocycles. The molecule has 1 saturated heterocycles. The number of hydrogen-bond acceptors (Lipinski definition) is 5. The Kier molecular flexibility index (Phi) is 6.26. The molecule has 0 spiro atoms. The number of nitrogens with one attached hydrogen (secondary N) is 1. The van der Waals surface area contributed by atoms with Gasteiger partial charge in [0, 0.05) is 31.1 Å². The van der Waals surface area contributed by atoms with E-state index in [1.807, 2.05) is 0 Å². The lowest BCUT2D eigenvalue weighted by Crippen LogP contribution is -2.56. The molecule has 0 radical (unpaired) electrons. The van der Waals surface area contributed by atoms with Crippen LogP contribution in [0.1, 0.15) is 16.8 Å². The van der Waals surface area contributed by atoms with Crippen LogP contribution in [0, 0.1) is 11.6 Å². The molecule has 1 aliphatic heterocycles. The lowest BCUT2D eigenvalue weighted by Gasteiger charge is -2.37. The summed E-state index contributed by atoms with van der Waals surface area (Å²) in [6, 6.07) is 10.3. The third-order valence-electron chi connectivity index (χ3n) is 5.60. The standard InChI is InChI=1S/C22H24F2N2O4/c23-15-6-4-14(5-7-15)22(28)25-18-13-19(30-17-3-1-2-16(24)12-17)21(27)20(18)26-8-10-29-11-9-26/h1-7,12,18-21,27H,8-11,13H2,(H,25,28)/t18-,19-,20+,21+/m1/s1. The fourth-order valence-corrected chi connectivity index (χ4v) is 4.16. The van der Waals surface area contributed by atoms with Gasteiger partial charge in [0.2, 0.25) is 0 Å². The first kappa shape index (κ1) is 20.7. The minimum atomic E-state index is -0.884. The SMILES string of the molecule is O=C(N[C@@H]1C[C@@H](Oc2cccc(F)c2)[C@H](O)[C@H]1N1CCOCC1)c1ccc(F)cc1. The van der Waals surface area contributed by atoms with Gasteiger partial charge in [-0.1, -0.05) is 6.07 Å². The molecular weight excluding hydrogens is 394 g/mol. The van der Waals surface area contributed by atoms with Crippen LogP contribution in [-0.2, 0) is 4.74 Å². The van der Waals surface area contributed by atoms with Crippen LogP contribution in [0.15, 0.2) is 48.5 Å². The first-order chi connectivity index (χ1) is 14.5. The Hall–Kier alpha value is -2.55. The summed E-state index contributed by atoms with van der Waals surface area (Å²) in [4.78, 5) is 14.8. The molecule has 2 aromatic rings. The number of aliphatic hydroxyl groups is 1. The molecule has 0 unspecified atom stereocenters. The average molecular weight is 418 g/mol. The topological polar surface area (TPSA) is 71.0 Å². The maximum atomic E-state index is 13.5. The molecule has 4 rings (SSSR count). The van der Waals surface area contributed by atoms with E-state index in [9.17, 15) is 18.7 Å². The average Bonchev–Trinajstić information content (AvgIpc) is 3.03. The van der Waals surface area contributed by atoms with Gasteiger partial charge in [0.15, 0.2) is 0 Å². The minimum absolute atomic E-state index is 0.324. The van der Waals surface area contributed by atoms with E-state index in [0.29, 0.717) is 44.0 Å². The summed E-state index contributed by atoms with van der Waals surface area (Å²) < 4.78 is 38.0. The summed E-state index contributed by atoms with van der Waals surface area (Å²) in [5.74, 6) is -0.870. The molecule has 1 amide bonds. The Morgan fingerprint density at radius 2 is 1.83 bits per heavy atom. The van der Waals surface area contributed by atoms with E-state index < -0.39 is 29.9 Å². The van der Waals surface area contributed by atoms with Crippen LogP contribution in [0.25, 0.3) is 0 Å². The van der Waals surface area contributed by atoms with Gasteiger partial charge in [-0.15, -0.1) is 0 Å². The zero-order chi connectivity index (χ0) is 21.1. The number of benzene rings is 2. The van der Waals surface area contributed by atoms with Crippen molar-refractivity contribution in [3.63, 3.8) is 0 Å². The van der Waals surface area contributed by atoms with Crippen molar-refractivity contribution in [1.82, 2.24) is 10.2 Å². The molecular formula is C22H24F2N2O4. The number of carbonyl (C=O) groups is 1. The number of amides is 1. The van der Waals surface area contributed by atoms with Crippen LogP contribution in [0.5, 0.6) is 5.75 Å². The Labute approximate surface area is 173 Å². The van der Waals surface area contributed by atoms with E-state index >= 15 is 0 Å². The monoisotopic (exact) mass is 418 g/mol. The van der Waals surface area contributed by atoms with Crippen molar-refractivity contribution < 1.29 is 28.2 Å². The van der Waals surface area contributed by atoms with Crippen molar-refractivity contribution in [2.45, 2.75) is 30.7 Å². The summed E-state index contributed by atoms with van der Waals surface area (Å²) in [6.45, 7) is 2.32. The van der Waals surface area contributed by atoms with Gasteiger partial charge in [0.1, 0.15) is 29.6 Å². The predicted octanol–water partition coefficient (Wildman–Crippen LogP) is 1.98. The molecule has 1 saturated carbocycles. The van der Waals surface area contributed by atoms with Gasteiger partial charge in [0.05, 0.1) is 25.3 Å². The number of nitrogens with zero attached hydrogens (tertiary/aromatic N) is 1. The second-order valence-corrected chi connectivity index (χ2v) is 7.57. The van der Waals surface area contributed by atoms with Crippen LogP contribution in [0.3, 0.4) is 0 Å². The molecule has 2 aromatic carbocycles. The van der Waals surface area contributed by atoms with E-state index in [1.165, 1.54) is 36.4 Å². The highest BCUT2D eigenvalue weighted by Crippen LogP contribution is 2.30. The summed E-state index contributed by atoms with van der Waals surface area (Å²) >= 11 is 0. The number of halogens is 2. The zero-order valence-electron chi connectivity index (χ0n) is 16.3. The number of carbonyl (C=O) groups excluding carboxylic acids is 1. The summed E-state index contributed by atoms with van der Waals surface area (Å²) in [5, 5.41) is 14.0. The van der Waals surface area contributed by atoms with E-state index in [1.54, 1.807) is 12.1 Å². The first-order valence-corrected chi connectivity index (χ1v) is 10.00. The number of ether oxygens (including phenoxy) is 2. The molecule has 2 fully saturated rings. The quantitative estimate of drug-likeness (QED) is 0.777. The molecule has 0 aromatic heterocycles. The van der Waals surface area contributed by atoms with Crippen molar-refractivity contribution in [1.29, 1.82) is 0 Å². The molecule has 2 aliphatic rings. The first-order valence-electron chi connectivity index (χ1n) is 10.00. The summed E-state index contributed by atoms with van der Waals surface area (Å²) in [5.41, 5.74) is 0.334. The minimum Gasteiger partial charge on any atom is -0.487 e. The Morgan fingerprint density at radius 1 is 1.10 bits per heavy atom. The molecule has 4 atom stereocenters. The van der Waals surface area contributed by atoms with E-state index in [-0.39, 0.29) is 11.9 Å². The van der Waals surface area contributed by atoms with Gasteiger partial charge in [-0.05, 0) is 36.4 Å². The second-order valence-electron chi connectivity index (χ2n) is 7.57. The number of morpholine rings is 1. The third-order valence-corrected chi connectivity index (χ3v) is 5.60. The summed E-state index contributed by atoms with van der Waals surface area (Å²) in [7, 11) is 0. The van der Waals surface area contributed by atoms with E-state index in [4.69, 9.17) is 9.47 Å². The van der Waals surface area contributed by atoms with Crippen LogP contribution >= 0.6 is 0 Å². The summed E-state index contributed by atoms with van der Waals surface area (Å²) in [6.07, 6.45) is -1.14. The maximum Gasteiger partial charge on any atom is 0.251 e. The van der Waals surface area contributed by atoms with Crippen molar-refractivity contribution in [3.05, 3.63) is 65.7 Å². The third kappa shape index (κ3) is 4.61. The van der Waals surface area contributed by atoms with Crippen LogP contribution in [-0.4, -0.2) is 66.5 Å². The van der Waals surface area contributed by atoms with Crippen molar-refractivity contribution in [3.8, 4) is 5.75 Å². The van der Waals surface area contributed by atoms with Gasteiger partial charge in [0.25, 0.3) is 5.91 Å². The Morgan fingerprint density at radius 3 is 2.53 bits per heavy atom. The van der Waals surface area contributed by atoms with Gasteiger partial charge in [-0.2, -0.15) is 0 Å². The fraction of sp³-hybridized carbons (Fsp3) is 0.409. The van der Waals surface area contributed by atoms with Gasteiger partial charge in [-0.25, -0.2) is 8.78 Å². The molecule has 0 bridgehead atoms. The Bertz CT molecular complexity index is 874. The van der Waals surface area contributed by atoms with Crippen molar-refractivity contribution in [2.24, 2.45) is 0 Å². The zero-order valence-corrected chi connectivity index (χ0v) is 16.3. The number of hydrogen-bond donors (Lipinski definition) is 2. The highest BCUT2D eigenvalue weighted by molar-refractivity contribution is 5.94. The molecule has 2 N–H and O–H groups in total. The van der Waals surface area contributed by atoms with E-state index in [0.717, 1.165) is 0 Å². The fourth-order valence-electron chi connectivity index (χ4n) is 4.16. The van der Waals surface area contributed by atoms with Crippen LogP contribution in [0.2, 0.25) is 0 Å². The van der Waals surface area contributed by atoms with Gasteiger partial charge < -0.3 is 19.9 Å². The largest absolute Gasteiger partial charge is 0.487 e. The Balaban J connectivity index is 1.52. The molecule has 160 valence electrons. The van der Waals surface area contributed by atoms with Crippen LogP contribution in [0.4, 0.5) is 8.78 Å². The number of rotatable bonds is 5. The normalized spacial score (nSPS) is 27.0. The highest BCUT2D eigenvalue weighted by Gasteiger charge is 2.47. The lowest BCUT2D eigenvalue weighted by atomic mass is 10.1. The lowest BCUT2D eigenvalue weighted by molar-refractivity contribution is -0.0350. The van der Waals surface area contributed by atoms with Gasteiger partial charge in [-0.3, -0.25) is 9.69 Å². The maximum absolute atomic E-state index is 13.5. The van der Waals surface area contributed by atoms with Crippen LogP contribution < -0.4 is 10.1 Å². The molecule has 6 nitrogen and oxygen atoms in total. The second kappa shape index (κ2) is 9.07.